The van der Waals surface area contributed by atoms with E-state index in [4.69, 9.17) is 9.26 Å². The standard InChI is InChI=1S/C11H24O3P/c1-9(8-13-10(2,3)4)14-15(12)11(5,6)7/h9H,8H2,1-7H3/q+1. The topological polar surface area (TPSA) is 35.5 Å². The highest BCUT2D eigenvalue weighted by atomic mass is 31.1. The van der Waals surface area contributed by atoms with Crippen LogP contribution in [0, 0.1) is 0 Å². The molecule has 0 N–H and O–H groups in total. The number of hydrogen-bond donors (Lipinski definition) is 0. The molecule has 0 aromatic heterocycles. The average molecular weight is 235 g/mol. The maximum atomic E-state index is 11.7. The van der Waals surface area contributed by atoms with E-state index in [0.717, 1.165) is 0 Å². The van der Waals surface area contributed by atoms with Crippen LogP contribution in [-0.4, -0.2) is 23.5 Å². The fourth-order valence-electron chi connectivity index (χ4n) is 0.719. The zero-order valence-electron chi connectivity index (χ0n) is 11.0. The number of rotatable bonds is 4. The third kappa shape index (κ3) is 7.89. The molecule has 0 radical (unpaired) electrons. The van der Waals surface area contributed by atoms with Crippen LogP contribution < -0.4 is 0 Å². The van der Waals surface area contributed by atoms with Gasteiger partial charge in [0.25, 0.3) is 0 Å². The lowest BCUT2D eigenvalue weighted by atomic mass is 10.2. The molecule has 0 aliphatic rings. The van der Waals surface area contributed by atoms with Crippen molar-refractivity contribution in [3.8, 4) is 0 Å². The fourth-order valence-corrected chi connectivity index (χ4v) is 1.42. The zero-order valence-corrected chi connectivity index (χ0v) is 11.9. The SMILES string of the molecule is CC(COC(C)(C)C)O[P+](=O)C(C)(C)C. The van der Waals surface area contributed by atoms with Gasteiger partial charge in [-0.15, -0.1) is 4.52 Å². The molecule has 0 bridgehead atoms. The first-order valence-electron chi connectivity index (χ1n) is 5.30. The Kier molecular flexibility index (Phi) is 5.39. The van der Waals surface area contributed by atoms with Gasteiger partial charge in [0, 0.05) is 0 Å². The summed E-state index contributed by atoms with van der Waals surface area (Å²) < 4.78 is 22.6. The monoisotopic (exact) mass is 235 g/mol. The summed E-state index contributed by atoms with van der Waals surface area (Å²) in [5, 5.41) is -0.300. The molecule has 0 rings (SSSR count). The van der Waals surface area contributed by atoms with E-state index in [-0.39, 0.29) is 16.9 Å². The largest absolute Gasteiger partial charge is 0.513 e. The van der Waals surface area contributed by atoms with Gasteiger partial charge in [0.2, 0.25) is 0 Å². The Labute approximate surface area is 94.4 Å². The van der Waals surface area contributed by atoms with E-state index in [1.807, 2.05) is 48.5 Å². The van der Waals surface area contributed by atoms with Gasteiger partial charge in [0.1, 0.15) is 6.10 Å². The number of hydrogen-bond acceptors (Lipinski definition) is 3. The fraction of sp³-hybridized carbons (Fsp3) is 1.00. The molecule has 4 heteroatoms. The third-order valence-electron chi connectivity index (χ3n) is 1.57. The smallest absolute Gasteiger partial charge is 0.373 e. The predicted octanol–water partition coefficient (Wildman–Crippen LogP) is 3.75. The minimum absolute atomic E-state index is 0.132. The molecular weight excluding hydrogens is 211 g/mol. The molecule has 0 fully saturated rings. The van der Waals surface area contributed by atoms with Gasteiger partial charge in [-0.05, 0) is 53.0 Å². The molecule has 90 valence electrons. The van der Waals surface area contributed by atoms with Crippen LogP contribution in [-0.2, 0) is 13.8 Å². The van der Waals surface area contributed by atoms with E-state index < -0.39 is 8.03 Å². The van der Waals surface area contributed by atoms with Crippen molar-refractivity contribution in [3.05, 3.63) is 0 Å². The molecule has 0 aliphatic heterocycles. The van der Waals surface area contributed by atoms with Crippen molar-refractivity contribution in [1.82, 2.24) is 0 Å². The molecule has 2 unspecified atom stereocenters. The molecule has 3 nitrogen and oxygen atoms in total. The summed E-state index contributed by atoms with van der Waals surface area (Å²) in [7, 11) is -1.64. The predicted molar refractivity (Wildman–Crippen MR) is 63.6 cm³/mol. The molecule has 0 spiro atoms. The Balaban J connectivity index is 3.95. The van der Waals surface area contributed by atoms with Crippen LogP contribution in [0.2, 0.25) is 0 Å². The number of ether oxygens (including phenoxy) is 1. The van der Waals surface area contributed by atoms with E-state index in [9.17, 15) is 4.57 Å². The first-order chi connectivity index (χ1) is 6.52. The van der Waals surface area contributed by atoms with E-state index in [1.54, 1.807) is 0 Å². The maximum absolute atomic E-state index is 11.7. The highest BCUT2D eigenvalue weighted by Gasteiger charge is 2.38. The average Bonchev–Trinajstić information content (AvgIpc) is 1.97. The molecular formula is C11H24O3P+. The molecule has 15 heavy (non-hydrogen) atoms. The van der Waals surface area contributed by atoms with Gasteiger partial charge in [0.15, 0.2) is 5.16 Å². The first-order valence-corrected chi connectivity index (χ1v) is 6.48. The second kappa shape index (κ2) is 5.38. The highest BCUT2D eigenvalue weighted by Crippen LogP contribution is 2.40. The summed E-state index contributed by atoms with van der Waals surface area (Å²) in [5.74, 6) is 0. The summed E-state index contributed by atoms with van der Waals surface area (Å²) in [6, 6.07) is 0. The van der Waals surface area contributed by atoms with Crippen LogP contribution in [0.5, 0.6) is 0 Å². The Morgan fingerprint density at radius 1 is 1.13 bits per heavy atom. The van der Waals surface area contributed by atoms with Gasteiger partial charge in [-0.1, -0.05) is 0 Å². The summed E-state index contributed by atoms with van der Waals surface area (Å²) >= 11 is 0. The van der Waals surface area contributed by atoms with Gasteiger partial charge < -0.3 is 4.74 Å². The molecule has 0 saturated carbocycles. The normalized spacial score (nSPS) is 16.3. The van der Waals surface area contributed by atoms with Crippen molar-refractivity contribution in [1.29, 1.82) is 0 Å². The van der Waals surface area contributed by atoms with Crippen molar-refractivity contribution in [3.63, 3.8) is 0 Å². The molecule has 0 aromatic rings. The second-order valence-electron chi connectivity index (χ2n) is 5.77. The Morgan fingerprint density at radius 2 is 1.60 bits per heavy atom. The van der Waals surface area contributed by atoms with Crippen LogP contribution >= 0.6 is 8.03 Å². The van der Waals surface area contributed by atoms with Gasteiger partial charge in [-0.3, -0.25) is 0 Å². The molecule has 0 amide bonds. The lowest BCUT2D eigenvalue weighted by Crippen LogP contribution is -2.26. The molecule has 0 aromatic carbocycles. The summed E-state index contributed by atoms with van der Waals surface area (Å²) in [5.41, 5.74) is -0.176. The zero-order chi connectivity index (χ0) is 12.3. The van der Waals surface area contributed by atoms with Crippen LogP contribution in [0.3, 0.4) is 0 Å². The summed E-state index contributed by atoms with van der Waals surface area (Å²) in [4.78, 5) is 0. The van der Waals surface area contributed by atoms with Gasteiger partial charge >= 0.3 is 8.03 Å². The van der Waals surface area contributed by atoms with E-state index >= 15 is 0 Å². The minimum atomic E-state index is -1.64. The van der Waals surface area contributed by atoms with E-state index in [0.29, 0.717) is 6.61 Å². The molecule has 2 atom stereocenters. The van der Waals surface area contributed by atoms with Gasteiger partial charge in [0.05, 0.1) is 12.2 Å². The third-order valence-corrected chi connectivity index (χ3v) is 3.22. The second-order valence-corrected chi connectivity index (χ2v) is 7.83. The van der Waals surface area contributed by atoms with Crippen molar-refractivity contribution in [2.75, 3.05) is 6.61 Å². The lowest BCUT2D eigenvalue weighted by Gasteiger charge is -2.20. The minimum Gasteiger partial charge on any atom is -0.373 e. The lowest BCUT2D eigenvalue weighted by molar-refractivity contribution is -0.0364. The van der Waals surface area contributed by atoms with Crippen LogP contribution in [0.15, 0.2) is 0 Å². The van der Waals surface area contributed by atoms with Crippen LogP contribution in [0.4, 0.5) is 0 Å². The Bertz CT molecular complexity index is 213. The van der Waals surface area contributed by atoms with E-state index in [2.05, 4.69) is 0 Å². The van der Waals surface area contributed by atoms with Crippen LogP contribution in [0.1, 0.15) is 48.5 Å². The van der Waals surface area contributed by atoms with E-state index in [1.165, 1.54) is 0 Å². The Morgan fingerprint density at radius 3 is 1.93 bits per heavy atom. The molecule has 0 aliphatic carbocycles. The van der Waals surface area contributed by atoms with Crippen molar-refractivity contribution in [2.45, 2.75) is 65.3 Å². The van der Waals surface area contributed by atoms with Crippen LogP contribution in [0.25, 0.3) is 0 Å². The van der Waals surface area contributed by atoms with Gasteiger partial charge in [-0.2, -0.15) is 0 Å². The Hall–Kier alpha value is 0.0200. The summed E-state index contributed by atoms with van der Waals surface area (Å²) in [6.07, 6.45) is -0.132. The van der Waals surface area contributed by atoms with Crippen molar-refractivity contribution in [2.24, 2.45) is 0 Å². The molecule has 0 saturated heterocycles. The van der Waals surface area contributed by atoms with Gasteiger partial charge in [-0.25, -0.2) is 0 Å². The first kappa shape index (κ1) is 15.0. The molecule has 0 heterocycles. The van der Waals surface area contributed by atoms with Crippen molar-refractivity contribution < 1.29 is 13.8 Å². The van der Waals surface area contributed by atoms with Crippen molar-refractivity contribution >= 4 is 8.03 Å². The highest BCUT2D eigenvalue weighted by molar-refractivity contribution is 7.41. The summed E-state index contributed by atoms with van der Waals surface area (Å²) in [6.45, 7) is 14.0. The maximum Gasteiger partial charge on any atom is 0.513 e. The quantitative estimate of drug-likeness (QED) is 0.696.